The van der Waals surface area contributed by atoms with Crippen molar-refractivity contribution in [1.82, 2.24) is 5.32 Å². The van der Waals surface area contributed by atoms with Crippen molar-refractivity contribution in [2.24, 2.45) is 0 Å². The van der Waals surface area contributed by atoms with Crippen LogP contribution >= 0.6 is 23.4 Å². The monoisotopic (exact) mass is 181 g/mol. The summed E-state index contributed by atoms with van der Waals surface area (Å²) in [5.74, 6) is 0.430. The summed E-state index contributed by atoms with van der Waals surface area (Å²) in [4.78, 5) is 10.8. The molecule has 4 heteroatoms. The van der Waals surface area contributed by atoms with Crippen molar-refractivity contribution in [3.05, 3.63) is 0 Å². The molecule has 0 rings (SSSR count). The van der Waals surface area contributed by atoms with Gasteiger partial charge in [0.2, 0.25) is 0 Å². The van der Waals surface area contributed by atoms with Crippen LogP contribution in [0.2, 0.25) is 0 Å². The van der Waals surface area contributed by atoms with Crippen LogP contribution in [-0.4, -0.2) is 22.9 Å². The van der Waals surface area contributed by atoms with E-state index in [1.165, 1.54) is 0 Å². The van der Waals surface area contributed by atoms with Crippen molar-refractivity contribution >= 4 is 28.6 Å². The van der Waals surface area contributed by atoms with Crippen molar-refractivity contribution in [2.75, 3.05) is 12.1 Å². The number of nitrogens with one attached hydrogen (secondary N) is 1. The minimum atomic E-state index is -0.290. The normalized spacial score (nSPS) is 11.2. The lowest BCUT2D eigenvalue weighted by molar-refractivity contribution is 0.253. The number of amides is 1. The summed E-state index contributed by atoms with van der Waals surface area (Å²) in [6.07, 6.45) is 1.74. The predicted molar refractivity (Wildman–Crippen MR) is 46.8 cm³/mol. The van der Waals surface area contributed by atoms with Gasteiger partial charge in [-0.05, 0) is 20.1 Å². The average molecular weight is 182 g/mol. The van der Waals surface area contributed by atoms with E-state index in [2.05, 4.69) is 5.32 Å². The van der Waals surface area contributed by atoms with E-state index in [0.29, 0.717) is 5.88 Å². The summed E-state index contributed by atoms with van der Waals surface area (Å²) >= 11 is 6.73. The van der Waals surface area contributed by atoms with Gasteiger partial charge in [-0.3, -0.25) is 4.79 Å². The number of hydrogen-bond donors (Lipinski definition) is 1. The molecule has 0 bridgehead atoms. The van der Waals surface area contributed by atoms with Gasteiger partial charge in [0.1, 0.15) is 0 Å². The third-order valence-corrected chi connectivity index (χ3v) is 2.10. The zero-order valence-corrected chi connectivity index (χ0v) is 7.97. The SMILES string of the molecule is CSC(=O)NC(C)(C)CCl. The van der Waals surface area contributed by atoms with Crippen LogP contribution in [0, 0.1) is 0 Å². The zero-order valence-electron chi connectivity index (χ0n) is 6.40. The Morgan fingerprint density at radius 1 is 1.70 bits per heavy atom. The van der Waals surface area contributed by atoms with Gasteiger partial charge in [-0.25, -0.2) is 0 Å². The molecular weight excluding hydrogens is 170 g/mol. The van der Waals surface area contributed by atoms with Crippen molar-refractivity contribution in [3.8, 4) is 0 Å². The number of alkyl halides is 1. The molecule has 0 unspecified atom stereocenters. The Kier molecular flexibility index (Phi) is 4.13. The molecule has 0 aromatic heterocycles. The minimum Gasteiger partial charge on any atom is -0.341 e. The molecule has 0 aromatic carbocycles. The maximum Gasteiger partial charge on any atom is 0.279 e. The van der Waals surface area contributed by atoms with Crippen LogP contribution in [0.3, 0.4) is 0 Å². The molecular formula is C6H12ClNOS. The summed E-state index contributed by atoms with van der Waals surface area (Å²) in [7, 11) is 0. The summed E-state index contributed by atoms with van der Waals surface area (Å²) in [5.41, 5.74) is -0.290. The standard InChI is InChI=1S/C6H12ClNOS/c1-6(2,4-7)8-5(9)10-3/h4H2,1-3H3,(H,8,9). The van der Waals surface area contributed by atoms with Gasteiger partial charge in [0.05, 0.1) is 0 Å². The van der Waals surface area contributed by atoms with Crippen molar-refractivity contribution in [2.45, 2.75) is 19.4 Å². The highest BCUT2D eigenvalue weighted by molar-refractivity contribution is 8.12. The van der Waals surface area contributed by atoms with Crippen molar-refractivity contribution in [3.63, 3.8) is 0 Å². The molecule has 0 radical (unpaired) electrons. The number of carbonyl (C=O) groups excluding carboxylic acids is 1. The minimum absolute atomic E-state index is 0.0364. The fourth-order valence-electron chi connectivity index (χ4n) is 0.361. The molecule has 1 N–H and O–H groups in total. The highest BCUT2D eigenvalue weighted by Gasteiger charge is 2.17. The smallest absolute Gasteiger partial charge is 0.279 e. The highest BCUT2D eigenvalue weighted by Crippen LogP contribution is 2.07. The quantitative estimate of drug-likeness (QED) is 0.661. The van der Waals surface area contributed by atoms with Crippen molar-refractivity contribution in [1.29, 1.82) is 0 Å². The number of rotatable bonds is 2. The fraction of sp³-hybridized carbons (Fsp3) is 0.833. The van der Waals surface area contributed by atoms with Crippen molar-refractivity contribution < 1.29 is 4.79 Å². The van der Waals surface area contributed by atoms with Gasteiger partial charge in [-0.15, -0.1) is 11.6 Å². The Hall–Kier alpha value is 0.110. The van der Waals surface area contributed by atoms with Gasteiger partial charge in [-0.1, -0.05) is 11.8 Å². The Morgan fingerprint density at radius 2 is 2.20 bits per heavy atom. The molecule has 0 aliphatic heterocycles. The first-order valence-electron chi connectivity index (χ1n) is 2.94. The molecule has 0 atom stereocenters. The Balaban J connectivity index is 3.76. The van der Waals surface area contributed by atoms with E-state index in [1.54, 1.807) is 6.26 Å². The van der Waals surface area contributed by atoms with Crippen LogP contribution in [0.5, 0.6) is 0 Å². The topological polar surface area (TPSA) is 29.1 Å². The van der Waals surface area contributed by atoms with Crippen LogP contribution in [0.1, 0.15) is 13.8 Å². The summed E-state index contributed by atoms with van der Waals surface area (Å²) in [5, 5.41) is 2.71. The lowest BCUT2D eigenvalue weighted by atomic mass is 10.1. The Bertz CT molecular complexity index is 127. The number of thioether (sulfide) groups is 1. The van der Waals surface area contributed by atoms with Gasteiger partial charge < -0.3 is 5.32 Å². The molecule has 0 saturated carbocycles. The second-order valence-corrected chi connectivity index (χ2v) is 3.68. The molecule has 0 aromatic rings. The van der Waals surface area contributed by atoms with Gasteiger partial charge in [0.25, 0.3) is 5.24 Å². The van der Waals surface area contributed by atoms with Gasteiger partial charge in [-0.2, -0.15) is 0 Å². The predicted octanol–water partition coefficient (Wildman–Crippen LogP) is 2.08. The molecule has 1 amide bonds. The molecule has 0 saturated heterocycles. The second-order valence-electron chi connectivity index (χ2n) is 2.63. The Labute approximate surface area is 70.7 Å². The fourth-order valence-corrected chi connectivity index (χ4v) is 0.806. The van der Waals surface area contributed by atoms with Gasteiger partial charge in [0, 0.05) is 11.4 Å². The van der Waals surface area contributed by atoms with E-state index in [1.807, 2.05) is 13.8 Å². The number of carbonyl (C=O) groups is 1. The van der Waals surface area contributed by atoms with Gasteiger partial charge >= 0.3 is 0 Å². The summed E-state index contributed by atoms with van der Waals surface area (Å²) < 4.78 is 0. The third-order valence-electron chi connectivity index (χ3n) is 0.960. The van der Waals surface area contributed by atoms with Crippen LogP contribution in [-0.2, 0) is 0 Å². The molecule has 10 heavy (non-hydrogen) atoms. The third kappa shape index (κ3) is 4.01. The van der Waals surface area contributed by atoms with E-state index < -0.39 is 0 Å². The first-order chi connectivity index (χ1) is 4.52. The first kappa shape index (κ1) is 10.1. The molecule has 2 nitrogen and oxygen atoms in total. The van der Waals surface area contributed by atoms with E-state index in [-0.39, 0.29) is 10.8 Å². The van der Waals surface area contributed by atoms with E-state index in [9.17, 15) is 4.79 Å². The zero-order chi connectivity index (χ0) is 8.20. The lowest BCUT2D eigenvalue weighted by Gasteiger charge is -2.22. The van der Waals surface area contributed by atoms with Crippen LogP contribution in [0.15, 0.2) is 0 Å². The molecule has 0 aliphatic carbocycles. The van der Waals surface area contributed by atoms with Crippen LogP contribution in [0.4, 0.5) is 4.79 Å². The second kappa shape index (κ2) is 4.09. The highest BCUT2D eigenvalue weighted by atomic mass is 35.5. The Morgan fingerprint density at radius 3 is 2.50 bits per heavy atom. The first-order valence-corrected chi connectivity index (χ1v) is 4.70. The average Bonchev–Trinajstić information content (AvgIpc) is 1.87. The lowest BCUT2D eigenvalue weighted by Crippen LogP contribution is -2.43. The summed E-state index contributed by atoms with van der Waals surface area (Å²) in [6.45, 7) is 3.77. The van der Waals surface area contributed by atoms with E-state index in [0.717, 1.165) is 11.8 Å². The summed E-state index contributed by atoms with van der Waals surface area (Å²) in [6, 6.07) is 0. The van der Waals surface area contributed by atoms with E-state index >= 15 is 0 Å². The molecule has 0 fully saturated rings. The molecule has 0 spiro atoms. The van der Waals surface area contributed by atoms with Crippen LogP contribution < -0.4 is 5.32 Å². The van der Waals surface area contributed by atoms with E-state index in [4.69, 9.17) is 11.6 Å². The maximum atomic E-state index is 10.8. The molecule has 60 valence electrons. The molecule has 0 heterocycles. The van der Waals surface area contributed by atoms with Gasteiger partial charge in [0.15, 0.2) is 0 Å². The number of halogens is 1. The largest absolute Gasteiger partial charge is 0.341 e. The number of hydrogen-bond acceptors (Lipinski definition) is 2. The maximum absolute atomic E-state index is 10.8. The molecule has 0 aliphatic rings. The van der Waals surface area contributed by atoms with Crippen LogP contribution in [0.25, 0.3) is 0 Å².